The molecule has 5 aromatic rings. The minimum atomic E-state index is -5.08. The molecule has 3 aromatic heterocycles. The number of pyridine rings is 1. The molecule has 0 aliphatic rings. The number of aryl methyl sites for hydroxylation is 2. The summed E-state index contributed by atoms with van der Waals surface area (Å²) in [6.07, 6.45) is -4.63. The van der Waals surface area contributed by atoms with Gasteiger partial charge in [0.05, 0.1) is 17.1 Å². The van der Waals surface area contributed by atoms with Crippen LogP contribution in [0.1, 0.15) is 21.5 Å². The number of carboxylic acids is 1. The number of carbonyl (C=O) groups is 2. The molecule has 3 heterocycles. The number of alkyl halides is 6. The number of halogens is 6. The number of rotatable bonds is 5. The molecule has 0 spiro atoms. The third kappa shape index (κ3) is 7.45. The van der Waals surface area contributed by atoms with E-state index in [4.69, 9.17) is 9.90 Å². The van der Waals surface area contributed by atoms with Gasteiger partial charge in [0, 0.05) is 41.9 Å². The standard InChI is InChI=1S/C26H20F3N7O.C2HF3O2/c1-15-8-9-16(25(37)32-19-7-3-6-18(12-19)26(27,28)29)11-21(15)33-23-20-14-31-36(2)24(20)35-22(34-23)17-5-4-10-30-13-17;3-2(4,5)1(6)7/h3-14H,1-2H3,(H,32,37)(H,33,34,35);(H,6,7). The molecule has 0 saturated heterocycles. The summed E-state index contributed by atoms with van der Waals surface area (Å²) in [5, 5.41) is 17.9. The molecule has 44 heavy (non-hydrogen) atoms. The van der Waals surface area contributed by atoms with Gasteiger partial charge in [-0.1, -0.05) is 12.1 Å². The highest BCUT2D eigenvalue weighted by Gasteiger charge is 2.38. The van der Waals surface area contributed by atoms with E-state index < -0.39 is 29.8 Å². The van der Waals surface area contributed by atoms with Crippen molar-refractivity contribution >= 4 is 40.1 Å². The molecule has 16 heteroatoms. The second-order valence-corrected chi connectivity index (χ2v) is 9.13. The van der Waals surface area contributed by atoms with E-state index in [-0.39, 0.29) is 11.3 Å². The van der Waals surface area contributed by atoms with Crippen LogP contribution in [0.3, 0.4) is 0 Å². The highest BCUT2D eigenvalue weighted by atomic mass is 19.4. The molecule has 228 valence electrons. The molecule has 0 fully saturated rings. The molecular formula is C28H21F6N7O3. The van der Waals surface area contributed by atoms with Crippen LogP contribution in [0.4, 0.5) is 43.5 Å². The number of amides is 1. The Labute approximate surface area is 244 Å². The second kappa shape index (κ2) is 12.4. The monoisotopic (exact) mass is 617 g/mol. The average Bonchev–Trinajstić information content (AvgIpc) is 3.35. The van der Waals surface area contributed by atoms with Crippen molar-refractivity contribution in [2.24, 2.45) is 7.05 Å². The summed E-state index contributed by atoms with van der Waals surface area (Å²) in [6.45, 7) is 1.86. The van der Waals surface area contributed by atoms with Crippen molar-refractivity contribution in [3.05, 3.63) is 89.9 Å². The van der Waals surface area contributed by atoms with E-state index in [1.54, 1.807) is 54.6 Å². The molecule has 0 bridgehead atoms. The normalized spacial score (nSPS) is 11.5. The number of nitrogens with zero attached hydrogens (tertiary/aromatic N) is 5. The Morgan fingerprint density at radius 3 is 2.30 bits per heavy atom. The molecular weight excluding hydrogens is 596 g/mol. The van der Waals surface area contributed by atoms with Gasteiger partial charge in [-0.2, -0.15) is 31.4 Å². The van der Waals surface area contributed by atoms with Crippen molar-refractivity contribution in [2.45, 2.75) is 19.3 Å². The molecule has 1 amide bonds. The lowest BCUT2D eigenvalue weighted by Crippen LogP contribution is -2.21. The second-order valence-electron chi connectivity index (χ2n) is 9.13. The molecule has 0 aliphatic heterocycles. The first kappa shape index (κ1) is 31.4. The third-order valence-corrected chi connectivity index (χ3v) is 5.95. The summed E-state index contributed by atoms with van der Waals surface area (Å²) in [7, 11) is 1.77. The van der Waals surface area contributed by atoms with Gasteiger partial charge in [-0.3, -0.25) is 14.5 Å². The van der Waals surface area contributed by atoms with Crippen LogP contribution in [0.25, 0.3) is 22.4 Å². The van der Waals surface area contributed by atoms with Gasteiger partial charge in [-0.05, 0) is 55.0 Å². The van der Waals surface area contributed by atoms with E-state index in [2.05, 4.69) is 30.7 Å². The lowest BCUT2D eigenvalue weighted by atomic mass is 10.1. The molecule has 3 N–H and O–H groups in total. The topological polar surface area (TPSA) is 135 Å². The number of benzene rings is 2. The molecule has 5 rings (SSSR count). The maximum atomic E-state index is 13.0. The Hall–Kier alpha value is -5.54. The van der Waals surface area contributed by atoms with Gasteiger partial charge in [0.25, 0.3) is 5.91 Å². The van der Waals surface area contributed by atoms with Gasteiger partial charge in [0.1, 0.15) is 5.82 Å². The summed E-state index contributed by atoms with van der Waals surface area (Å²) >= 11 is 0. The Morgan fingerprint density at radius 2 is 1.66 bits per heavy atom. The van der Waals surface area contributed by atoms with Crippen LogP contribution < -0.4 is 10.6 Å². The van der Waals surface area contributed by atoms with Crippen LogP contribution in [0, 0.1) is 6.92 Å². The first-order chi connectivity index (χ1) is 20.6. The van der Waals surface area contributed by atoms with E-state index in [1.807, 2.05) is 13.0 Å². The van der Waals surface area contributed by atoms with Crippen molar-refractivity contribution in [1.29, 1.82) is 0 Å². The minimum Gasteiger partial charge on any atom is -0.475 e. The number of hydrogen-bond acceptors (Lipinski definition) is 7. The van der Waals surface area contributed by atoms with Crippen LogP contribution in [-0.4, -0.2) is 47.9 Å². The molecule has 0 unspecified atom stereocenters. The van der Waals surface area contributed by atoms with E-state index in [1.165, 1.54) is 12.1 Å². The Kier molecular flexibility index (Phi) is 8.82. The fraction of sp³-hybridized carbons (Fsp3) is 0.143. The van der Waals surface area contributed by atoms with Gasteiger partial charge in [-0.25, -0.2) is 14.8 Å². The van der Waals surface area contributed by atoms with E-state index >= 15 is 0 Å². The molecule has 10 nitrogen and oxygen atoms in total. The number of aromatic nitrogens is 5. The first-order valence-corrected chi connectivity index (χ1v) is 12.4. The number of carboxylic acid groups (broad SMARTS) is 1. The van der Waals surface area contributed by atoms with Gasteiger partial charge in [0.2, 0.25) is 0 Å². The summed E-state index contributed by atoms with van der Waals surface area (Å²) in [5.74, 6) is -2.38. The molecule has 0 radical (unpaired) electrons. The number of anilines is 3. The first-order valence-electron chi connectivity index (χ1n) is 12.4. The molecule has 2 aromatic carbocycles. The van der Waals surface area contributed by atoms with E-state index in [0.29, 0.717) is 28.4 Å². The average molecular weight is 618 g/mol. The number of hydrogen-bond donors (Lipinski definition) is 3. The zero-order valence-electron chi connectivity index (χ0n) is 22.7. The maximum absolute atomic E-state index is 13.0. The lowest BCUT2D eigenvalue weighted by Gasteiger charge is -2.14. The number of nitrogens with one attached hydrogen (secondary N) is 2. The Morgan fingerprint density at radius 1 is 0.932 bits per heavy atom. The minimum absolute atomic E-state index is 0.0453. The van der Waals surface area contributed by atoms with Crippen molar-refractivity contribution < 1.29 is 41.0 Å². The summed E-state index contributed by atoms with van der Waals surface area (Å²) in [6, 6.07) is 13.1. The summed E-state index contributed by atoms with van der Waals surface area (Å²) < 4.78 is 72.5. The molecule has 0 atom stereocenters. The fourth-order valence-electron chi connectivity index (χ4n) is 3.74. The predicted octanol–water partition coefficient (Wildman–Crippen LogP) is 6.38. The molecule has 0 saturated carbocycles. The smallest absolute Gasteiger partial charge is 0.475 e. The largest absolute Gasteiger partial charge is 0.490 e. The predicted molar refractivity (Wildman–Crippen MR) is 147 cm³/mol. The van der Waals surface area contributed by atoms with Gasteiger partial charge < -0.3 is 15.7 Å². The van der Waals surface area contributed by atoms with Gasteiger partial charge >= 0.3 is 18.3 Å². The Bertz CT molecular complexity index is 1820. The lowest BCUT2D eigenvalue weighted by molar-refractivity contribution is -0.192. The van der Waals surface area contributed by atoms with E-state index in [0.717, 1.165) is 23.3 Å². The highest BCUT2D eigenvalue weighted by molar-refractivity contribution is 6.05. The Balaban J connectivity index is 0.000000566. The number of fused-ring (bicyclic) bond motifs is 1. The van der Waals surface area contributed by atoms with Crippen LogP contribution >= 0.6 is 0 Å². The van der Waals surface area contributed by atoms with Crippen LogP contribution in [0.15, 0.2) is 73.2 Å². The van der Waals surface area contributed by atoms with Crippen molar-refractivity contribution in [1.82, 2.24) is 24.7 Å². The molecule has 0 aliphatic carbocycles. The number of carbonyl (C=O) groups excluding carboxylic acids is 1. The quantitative estimate of drug-likeness (QED) is 0.193. The fourth-order valence-corrected chi connectivity index (χ4v) is 3.74. The summed E-state index contributed by atoms with van der Waals surface area (Å²) in [4.78, 5) is 35.2. The maximum Gasteiger partial charge on any atom is 0.490 e. The van der Waals surface area contributed by atoms with Crippen LogP contribution in [0.5, 0.6) is 0 Å². The van der Waals surface area contributed by atoms with E-state index in [9.17, 15) is 31.1 Å². The van der Waals surface area contributed by atoms with Crippen molar-refractivity contribution in [3.63, 3.8) is 0 Å². The third-order valence-electron chi connectivity index (χ3n) is 5.95. The highest BCUT2D eigenvalue weighted by Crippen LogP contribution is 2.31. The van der Waals surface area contributed by atoms with Gasteiger partial charge in [0.15, 0.2) is 11.5 Å². The number of aliphatic carboxylic acids is 1. The van der Waals surface area contributed by atoms with Crippen molar-refractivity contribution in [3.8, 4) is 11.4 Å². The zero-order chi connectivity index (χ0) is 32.2. The van der Waals surface area contributed by atoms with Gasteiger partial charge in [-0.15, -0.1) is 0 Å². The SMILES string of the molecule is Cc1ccc(C(=O)Nc2cccc(C(F)(F)F)c2)cc1Nc1nc(-c2cccnc2)nc2c1cnn2C.O=C(O)C(F)(F)F. The van der Waals surface area contributed by atoms with Crippen LogP contribution in [-0.2, 0) is 18.0 Å². The zero-order valence-corrected chi connectivity index (χ0v) is 22.7. The summed E-state index contributed by atoms with van der Waals surface area (Å²) in [5.41, 5.74) is 2.21. The van der Waals surface area contributed by atoms with Crippen LogP contribution in [0.2, 0.25) is 0 Å². The van der Waals surface area contributed by atoms with Crippen molar-refractivity contribution in [2.75, 3.05) is 10.6 Å².